The highest BCUT2D eigenvalue weighted by molar-refractivity contribution is 9.10. The molecule has 0 aliphatic heterocycles. The monoisotopic (exact) mass is 311 g/mol. The molecule has 1 atom stereocenters. The number of benzene rings is 1. The van der Waals surface area contributed by atoms with Crippen molar-refractivity contribution in [2.45, 2.75) is 19.4 Å². The second-order valence-electron chi connectivity index (χ2n) is 4.04. The summed E-state index contributed by atoms with van der Waals surface area (Å²) < 4.78 is 20.2. The predicted octanol–water partition coefficient (Wildman–Crippen LogP) is 4.27. The van der Waals surface area contributed by atoms with Crippen molar-refractivity contribution in [3.8, 4) is 0 Å². The Morgan fingerprint density at radius 1 is 1.33 bits per heavy atom. The molecule has 0 bridgehead atoms. The van der Waals surface area contributed by atoms with Crippen LogP contribution in [0.1, 0.15) is 30.7 Å². The van der Waals surface area contributed by atoms with Gasteiger partial charge in [-0.25, -0.2) is 4.39 Å². The van der Waals surface area contributed by atoms with E-state index in [9.17, 15) is 4.39 Å². The first kappa shape index (κ1) is 13.3. The number of hydrogen-bond donors (Lipinski definition) is 1. The van der Waals surface area contributed by atoms with Crippen molar-refractivity contribution in [2.24, 2.45) is 0 Å². The van der Waals surface area contributed by atoms with Crippen LogP contribution in [0.4, 0.5) is 4.39 Å². The van der Waals surface area contributed by atoms with Crippen LogP contribution in [-0.4, -0.2) is 6.54 Å². The number of hydrogen-bond acceptors (Lipinski definition) is 2. The summed E-state index contributed by atoms with van der Waals surface area (Å²) in [7, 11) is 0. The maximum Gasteiger partial charge on any atom is 0.139 e. The maximum absolute atomic E-state index is 13.9. The lowest BCUT2D eigenvalue weighted by atomic mass is 10.0. The van der Waals surface area contributed by atoms with Crippen LogP contribution in [0, 0.1) is 5.82 Å². The summed E-state index contributed by atoms with van der Waals surface area (Å²) in [4.78, 5) is 0. The molecule has 0 saturated carbocycles. The van der Waals surface area contributed by atoms with E-state index >= 15 is 0 Å². The van der Waals surface area contributed by atoms with Gasteiger partial charge in [0.1, 0.15) is 11.6 Å². The zero-order chi connectivity index (χ0) is 13.0. The first-order chi connectivity index (χ1) is 8.74. The van der Waals surface area contributed by atoms with Gasteiger partial charge in [0.25, 0.3) is 0 Å². The number of nitrogens with one attached hydrogen (secondary N) is 1. The largest absolute Gasteiger partial charge is 0.466 e. The molecule has 4 heteroatoms. The van der Waals surface area contributed by atoms with Crippen LogP contribution in [-0.2, 0) is 0 Å². The van der Waals surface area contributed by atoms with Crippen LogP contribution in [0.15, 0.2) is 45.5 Å². The molecule has 2 nitrogen and oxygen atoms in total. The van der Waals surface area contributed by atoms with Gasteiger partial charge in [0.15, 0.2) is 0 Å². The minimum atomic E-state index is -0.268. The van der Waals surface area contributed by atoms with Gasteiger partial charge in [0.2, 0.25) is 0 Å². The van der Waals surface area contributed by atoms with Gasteiger partial charge in [-0.2, -0.15) is 0 Å². The zero-order valence-electron chi connectivity index (χ0n) is 10.1. The third kappa shape index (κ3) is 2.82. The highest BCUT2D eigenvalue weighted by atomic mass is 79.9. The average Bonchev–Trinajstić information content (AvgIpc) is 2.78. The lowest BCUT2D eigenvalue weighted by Crippen LogP contribution is -2.24. The lowest BCUT2D eigenvalue weighted by molar-refractivity contribution is 0.434. The van der Waals surface area contributed by atoms with Gasteiger partial charge in [-0.15, -0.1) is 0 Å². The van der Waals surface area contributed by atoms with Crippen molar-refractivity contribution in [3.05, 3.63) is 58.2 Å². The van der Waals surface area contributed by atoms with Gasteiger partial charge in [-0.1, -0.05) is 25.1 Å². The average molecular weight is 312 g/mol. The van der Waals surface area contributed by atoms with E-state index in [1.54, 1.807) is 18.4 Å². The number of rotatable bonds is 5. The van der Waals surface area contributed by atoms with E-state index in [4.69, 9.17) is 4.42 Å². The van der Waals surface area contributed by atoms with E-state index in [2.05, 4.69) is 28.2 Å². The summed E-state index contributed by atoms with van der Waals surface area (Å²) in [6, 6.07) is 8.31. The fourth-order valence-corrected chi connectivity index (χ4v) is 2.28. The van der Waals surface area contributed by atoms with Crippen molar-refractivity contribution in [2.75, 3.05) is 6.54 Å². The third-order valence-corrected chi connectivity index (χ3v) is 3.38. The summed E-state index contributed by atoms with van der Waals surface area (Å²) in [5, 5.41) is 3.31. The van der Waals surface area contributed by atoms with E-state index in [0.29, 0.717) is 11.3 Å². The van der Waals surface area contributed by atoms with Gasteiger partial charge in [-0.05, 0) is 41.0 Å². The molecular weight excluding hydrogens is 297 g/mol. The first-order valence-electron chi connectivity index (χ1n) is 5.94. The Hall–Kier alpha value is -1.13. The van der Waals surface area contributed by atoms with E-state index in [-0.39, 0.29) is 11.9 Å². The predicted molar refractivity (Wildman–Crippen MR) is 72.9 cm³/mol. The van der Waals surface area contributed by atoms with Gasteiger partial charge in [0.05, 0.1) is 16.8 Å². The Morgan fingerprint density at radius 2 is 2.11 bits per heavy atom. The summed E-state index contributed by atoms with van der Waals surface area (Å²) in [5.74, 6) is 0.475. The fraction of sp³-hybridized carbons (Fsp3) is 0.286. The maximum atomic E-state index is 13.9. The standard InChI is InChI=1S/C14H15BrFNO/c1-2-8-17-13(14-11(15)7-9-18-14)10-5-3-4-6-12(10)16/h3-7,9,13,17H,2,8H2,1H3. The van der Waals surface area contributed by atoms with Crippen LogP contribution in [0.3, 0.4) is 0 Å². The molecule has 0 fully saturated rings. The second-order valence-corrected chi connectivity index (χ2v) is 4.90. The number of furan rings is 1. The van der Waals surface area contributed by atoms with Crippen LogP contribution in [0.2, 0.25) is 0 Å². The Labute approximate surface area is 114 Å². The lowest BCUT2D eigenvalue weighted by Gasteiger charge is -2.18. The Bertz CT molecular complexity index is 512. The van der Waals surface area contributed by atoms with Crippen LogP contribution in [0.25, 0.3) is 0 Å². The minimum Gasteiger partial charge on any atom is -0.466 e. The summed E-state index contributed by atoms with van der Waals surface area (Å²) in [6.07, 6.45) is 2.57. The molecule has 1 N–H and O–H groups in total. The third-order valence-electron chi connectivity index (χ3n) is 2.72. The first-order valence-corrected chi connectivity index (χ1v) is 6.74. The van der Waals surface area contributed by atoms with Gasteiger partial charge >= 0.3 is 0 Å². The smallest absolute Gasteiger partial charge is 0.139 e. The molecule has 1 unspecified atom stereocenters. The molecule has 18 heavy (non-hydrogen) atoms. The molecule has 1 heterocycles. The molecule has 0 aliphatic carbocycles. The SMILES string of the molecule is CCCNC(c1ccccc1F)c1occc1Br. The van der Waals surface area contributed by atoms with E-state index < -0.39 is 0 Å². The Balaban J connectivity index is 2.37. The highest BCUT2D eigenvalue weighted by Crippen LogP contribution is 2.30. The Kier molecular flexibility index (Phi) is 4.55. The molecule has 1 aromatic heterocycles. The van der Waals surface area contributed by atoms with Gasteiger partial charge in [-0.3, -0.25) is 0 Å². The molecule has 96 valence electrons. The van der Waals surface area contributed by atoms with Crippen LogP contribution >= 0.6 is 15.9 Å². The van der Waals surface area contributed by atoms with Crippen LogP contribution in [0.5, 0.6) is 0 Å². The summed E-state index contributed by atoms with van der Waals surface area (Å²) in [5.41, 5.74) is 0.599. The molecule has 0 saturated heterocycles. The molecule has 0 aliphatic rings. The molecular formula is C14H15BrFNO. The van der Waals surface area contributed by atoms with Crippen molar-refractivity contribution in [1.29, 1.82) is 0 Å². The van der Waals surface area contributed by atoms with Crippen molar-refractivity contribution in [1.82, 2.24) is 5.32 Å². The quantitative estimate of drug-likeness (QED) is 0.892. The Morgan fingerprint density at radius 3 is 2.72 bits per heavy atom. The van der Waals surface area contributed by atoms with Crippen molar-refractivity contribution >= 4 is 15.9 Å². The molecule has 0 amide bonds. The van der Waals surface area contributed by atoms with Gasteiger partial charge < -0.3 is 9.73 Å². The zero-order valence-corrected chi connectivity index (χ0v) is 11.7. The highest BCUT2D eigenvalue weighted by Gasteiger charge is 2.21. The fourth-order valence-electron chi connectivity index (χ4n) is 1.85. The van der Waals surface area contributed by atoms with Crippen molar-refractivity contribution in [3.63, 3.8) is 0 Å². The van der Waals surface area contributed by atoms with Gasteiger partial charge in [0, 0.05) is 5.56 Å². The second kappa shape index (κ2) is 6.16. The van der Waals surface area contributed by atoms with Crippen molar-refractivity contribution < 1.29 is 8.81 Å². The molecule has 1 aromatic carbocycles. The molecule has 0 radical (unpaired) electrons. The van der Waals surface area contributed by atoms with Crippen LogP contribution < -0.4 is 5.32 Å². The molecule has 0 spiro atoms. The van der Waals surface area contributed by atoms with E-state index in [1.807, 2.05) is 12.1 Å². The molecule has 2 aromatic rings. The topological polar surface area (TPSA) is 25.2 Å². The van der Waals surface area contributed by atoms with E-state index in [1.165, 1.54) is 6.07 Å². The summed E-state index contributed by atoms with van der Waals surface area (Å²) in [6.45, 7) is 2.87. The summed E-state index contributed by atoms with van der Waals surface area (Å²) >= 11 is 3.42. The normalized spacial score (nSPS) is 12.6. The van der Waals surface area contributed by atoms with E-state index in [0.717, 1.165) is 17.4 Å². The minimum absolute atomic E-state index is 0.227. The molecule has 2 rings (SSSR count). The number of halogens is 2.